The van der Waals surface area contributed by atoms with Gasteiger partial charge in [-0.2, -0.15) is 19.0 Å². The molecule has 0 unspecified atom stereocenters. The summed E-state index contributed by atoms with van der Waals surface area (Å²) in [7, 11) is 0. The van der Waals surface area contributed by atoms with E-state index in [2.05, 4.69) is 35.9 Å². The number of halogens is 4. The van der Waals surface area contributed by atoms with E-state index in [1.807, 2.05) is 24.3 Å². The zero-order valence-corrected chi connectivity index (χ0v) is 25.7. The van der Waals surface area contributed by atoms with Gasteiger partial charge >= 0.3 is 0 Å². The molecule has 0 aliphatic carbocycles. The summed E-state index contributed by atoms with van der Waals surface area (Å²) in [6, 6.07) is 13.7. The molecule has 0 N–H and O–H groups in total. The molecule has 3 aromatic rings. The first-order valence-electron chi connectivity index (χ1n) is 15.7. The zero-order chi connectivity index (χ0) is 31.6. The lowest BCUT2D eigenvalue weighted by atomic mass is 10.1. The SMILES string of the molecule is CCCCCCCCOc1ccc(N=Nc2ccc(C#Cc3c(F)c(F)c(OCCCCCCCC)c(F)c3F)cc2)cc1. The largest absolute Gasteiger partial charge is 0.494 e. The number of unbranched alkanes of at least 4 members (excludes halogenated alkanes) is 10. The van der Waals surface area contributed by atoms with Crippen LogP contribution in [0.25, 0.3) is 0 Å². The zero-order valence-electron chi connectivity index (χ0n) is 25.7. The van der Waals surface area contributed by atoms with Gasteiger partial charge in [-0.1, -0.05) is 89.9 Å². The maximum absolute atomic E-state index is 14.6. The minimum atomic E-state index is -1.59. The molecule has 8 heteroatoms. The number of ether oxygens (including phenoxy) is 2. The van der Waals surface area contributed by atoms with Crippen LogP contribution in [0.2, 0.25) is 0 Å². The Morgan fingerprint density at radius 3 is 1.50 bits per heavy atom. The molecule has 0 spiro atoms. The maximum atomic E-state index is 14.6. The van der Waals surface area contributed by atoms with E-state index in [0.29, 0.717) is 30.0 Å². The summed E-state index contributed by atoms with van der Waals surface area (Å²) >= 11 is 0. The smallest absolute Gasteiger partial charge is 0.205 e. The summed E-state index contributed by atoms with van der Waals surface area (Å²) in [5, 5.41) is 8.40. The van der Waals surface area contributed by atoms with Crippen molar-refractivity contribution >= 4 is 11.4 Å². The fourth-order valence-electron chi connectivity index (χ4n) is 4.45. The minimum absolute atomic E-state index is 0.0351. The molecule has 0 fully saturated rings. The molecule has 0 atom stereocenters. The molecule has 0 bridgehead atoms. The van der Waals surface area contributed by atoms with Crippen molar-refractivity contribution in [3.63, 3.8) is 0 Å². The number of rotatable bonds is 18. The van der Waals surface area contributed by atoms with E-state index in [4.69, 9.17) is 9.47 Å². The predicted molar refractivity (Wildman–Crippen MR) is 167 cm³/mol. The van der Waals surface area contributed by atoms with Crippen molar-refractivity contribution in [1.82, 2.24) is 0 Å². The van der Waals surface area contributed by atoms with Crippen LogP contribution in [0.15, 0.2) is 58.8 Å². The van der Waals surface area contributed by atoms with E-state index < -0.39 is 34.6 Å². The first kappa shape index (κ1) is 34.6. The van der Waals surface area contributed by atoms with Crippen LogP contribution < -0.4 is 9.47 Å². The fourth-order valence-corrected chi connectivity index (χ4v) is 4.45. The van der Waals surface area contributed by atoms with Gasteiger partial charge in [-0.15, -0.1) is 0 Å². The van der Waals surface area contributed by atoms with E-state index in [1.165, 1.54) is 32.1 Å². The van der Waals surface area contributed by atoms with Crippen molar-refractivity contribution in [2.75, 3.05) is 13.2 Å². The Morgan fingerprint density at radius 2 is 0.977 bits per heavy atom. The molecule has 0 saturated carbocycles. The molecule has 3 rings (SSSR count). The Bertz CT molecular complexity index is 1350. The Labute approximate surface area is 258 Å². The summed E-state index contributed by atoms with van der Waals surface area (Å²) in [6.45, 7) is 4.96. The van der Waals surface area contributed by atoms with Crippen LogP contribution in [-0.2, 0) is 0 Å². The van der Waals surface area contributed by atoms with E-state index >= 15 is 0 Å². The number of hydrogen-bond acceptors (Lipinski definition) is 4. The molecule has 0 aliphatic rings. The van der Waals surface area contributed by atoms with E-state index in [9.17, 15) is 17.6 Å². The predicted octanol–water partition coefficient (Wildman–Crippen LogP) is 11.5. The normalized spacial score (nSPS) is 11.0. The van der Waals surface area contributed by atoms with Crippen LogP contribution in [0, 0.1) is 35.1 Å². The molecule has 3 aromatic carbocycles. The Hall–Kier alpha value is -3.86. The quantitative estimate of drug-likeness (QED) is 0.0473. The number of benzene rings is 3. The van der Waals surface area contributed by atoms with E-state index in [1.54, 1.807) is 24.3 Å². The van der Waals surface area contributed by atoms with Crippen molar-refractivity contribution < 1.29 is 27.0 Å². The highest BCUT2D eigenvalue weighted by Crippen LogP contribution is 2.30. The number of nitrogens with zero attached hydrogens (tertiary/aromatic N) is 2. The number of azo groups is 1. The van der Waals surface area contributed by atoms with Crippen LogP contribution in [0.4, 0.5) is 28.9 Å². The van der Waals surface area contributed by atoms with Gasteiger partial charge < -0.3 is 9.47 Å². The van der Waals surface area contributed by atoms with Crippen LogP contribution in [0.3, 0.4) is 0 Å². The van der Waals surface area contributed by atoms with Crippen LogP contribution in [0.5, 0.6) is 11.5 Å². The van der Waals surface area contributed by atoms with Gasteiger partial charge in [0.1, 0.15) is 11.3 Å². The molecule has 0 saturated heterocycles. The second kappa shape index (κ2) is 19.4. The Morgan fingerprint density at radius 1 is 0.523 bits per heavy atom. The lowest BCUT2D eigenvalue weighted by Gasteiger charge is -2.11. The molecule has 0 heterocycles. The standard InChI is InChI=1S/C36H42F4N2O2/c1-3-5-7-9-11-13-25-43-30-22-20-29(21-23-30)42-41-28-18-15-27(16-19-28)17-24-31-32(37)34(39)36(35(40)33(31)38)44-26-14-12-10-8-6-4-2/h15-16,18-23H,3-14,25-26H2,1-2H3. The van der Waals surface area contributed by atoms with Gasteiger partial charge in [-0.25, -0.2) is 8.78 Å². The lowest BCUT2D eigenvalue weighted by molar-refractivity contribution is 0.263. The molecular formula is C36H42F4N2O2. The molecule has 0 aromatic heterocycles. The fraction of sp³-hybridized carbons (Fsp3) is 0.444. The average molecular weight is 611 g/mol. The summed E-state index contributed by atoms with van der Waals surface area (Å²) in [6.07, 6.45) is 12.8. The lowest BCUT2D eigenvalue weighted by Crippen LogP contribution is -2.08. The summed E-state index contributed by atoms with van der Waals surface area (Å²) in [5.74, 6) is -1.86. The highest BCUT2D eigenvalue weighted by atomic mass is 19.2. The van der Waals surface area contributed by atoms with Gasteiger partial charge in [-0.05, 0) is 61.4 Å². The maximum Gasteiger partial charge on any atom is 0.205 e. The molecule has 0 radical (unpaired) electrons. The van der Waals surface area contributed by atoms with Gasteiger partial charge in [0.2, 0.25) is 11.6 Å². The van der Waals surface area contributed by atoms with Crippen LogP contribution in [0.1, 0.15) is 102 Å². The van der Waals surface area contributed by atoms with Gasteiger partial charge in [0.05, 0.1) is 24.6 Å². The second-order valence-corrected chi connectivity index (χ2v) is 10.7. The third-order valence-electron chi connectivity index (χ3n) is 7.05. The monoisotopic (exact) mass is 610 g/mol. The third kappa shape index (κ3) is 11.3. The summed E-state index contributed by atoms with van der Waals surface area (Å²) < 4.78 is 69.1. The summed E-state index contributed by atoms with van der Waals surface area (Å²) in [4.78, 5) is 0. The van der Waals surface area contributed by atoms with Gasteiger partial charge in [0.15, 0.2) is 17.4 Å². The van der Waals surface area contributed by atoms with Crippen LogP contribution in [-0.4, -0.2) is 13.2 Å². The molecule has 4 nitrogen and oxygen atoms in total. The highest BCUT2D eigenvalue weighted by molar-refractivity contribution is 5.50. The first-order valence-corrected chi connectivity index (χ1v) is 15.7. The molecule has 0 aliphatic heterocycles. The average Bonchev–Trinajstić information content (AvgIpc) is 3.04. The molecule has 0 amide bonds. The van der Waals surface area contributed by atoms with Crippen molar-refractivity contribution in [2.45, 2.75) is 90.9 Å². The molecule has 44 heavy (non-hydrogen) atoms. The number of hydrogen-bond donors (Lipinski definition) is 0. The molecule has 236 valence electrons. The van der Waals surface area contributed by atoms with Crippen molar-refractivity contribution in [1.29, 1.82) is 0 Å². The van der Waals surface area contributed by atoms with Gasteiger partial charge in [0.25, 0.3) is 0 Å². The highest BCUT2D eigenvalue weighted by Gasteiger charge is 2.26. The van der Waals surface area contributed by atoms with E-state index in [-0.39, 0.29) is 6.61 Å². The Kier molecular flexibility index (Phi) is 15.3. The minimum Gasteiger partial charge on any atom is -0.494 e. The third-order valence-corrected chi connectivity index (χ3v) is 7.05. The van der Waals surface area contributed by atoms with Crippen molar-refractivity contribution in [3.8, 4) is 23.3 Å². The topological polar surface area (TPSA) is 43.2 Å². The van der Waals surface area contributed by atoms with Crippen molar-refractivity contribution in [3.05, 3.63) is 82.9 Å². The Balaban J connectivity index is 1.53. The van der Waals surface area contributed by atoms with Gasteiger partial charge in [0, 0.05) is 5.56 Å². The first-order chi connectivity index (χ1) is 21.4. The van der Waals surface area contributed by atoms with E-state index in [0.717, 1.165) is 44.3 Å². The molecular weight excluding hydrogens is 568 g/mol. The van der Waals surface area contributed by atoms with Crippen molar-refractivity contribution in [2.24, 2.45) is 10.2 Å². The van der Waals surface area contributed by atoms with Crippen LogP contribution >= 0.6 is 0 Å². The van der Waals surface area contributed by atoms with Gasteiger partial charge in [-0.3, -0.25) is 0 Å². The second-order valence-electron chi connectivity index (χ2n) is 10.7. The summed E-state index contributed by atoms with van der Waals surface area (Å²) in [5.41, 5.74) is 0.560.